The fraction of sp³-hybridized carbons (Fsp3) is 0.818. The van der Waals surface area contributed by atoms with Crippen LogP contribution in [0.5, 0.6) is 0 Å². The van der Waals surface area contributed by atoms with E-state index in [9.17, 15) is 18.0 Å². The van der Waals surface area contributed by atoms with E-state index in [-0.39, 0.29) is 25.6 Å². The lowest BCUT2D eigenvalue weighted by molar-refractivity contribution is -0.140. The van der Waals surface area contributed by atoms with Crippen molar-refractivity contribution in [1.82, 2.24) is 14.5 Å². The van der Waals surface area contributed by atoms with Crippen molar-refractivity contribution < 1.29 is 22.7 Å². The molecule has 1 atom stereocenters. The van der Waals surface area contributed by atoms with Crippen LogP contribution in [0.1, 0.15) is 6.92 Å². The molecule has 1 heterocycles. The molecule has 9 heteroatoms. The Labute approximate surface area is 119 Å². The van der Waals surface area contributed by atoms with Gasteiger partial charge < -0.3 is 15.0 Å². The number of nitrogens with zero attached hydrogens (tertiary/aromatic N) is 2. The quantitative estimate of drug-likeness (QED) is 0.605. The Balaban J connectivity index is 2.89. The number of sulfonamides is 1. The van der Waals surface area contributed by atoms with Crippen LogP contribution in [-0.2, 0) is 24.3 Å². The largest absolute Gasteiger partial charge is 0.465 e. The van der Waals surface area contributed by atoms with Gasteiger partial charge in [0.15, 0.2) is 5.75 Å². The fourth-order valence-corrected chi connectivity index (χ4v) is 3.43. The first-order valence-corrected chi connectivity index (χ1v) is 7.97. The van der Waals surface area contributed by atoms with Gasteiger partial charge in [-0.15, -0.1) is 0 Å². The Kier molecular flexibility index (Phi) is 5.90. The van der Waals surface area contributed by atoms with Gasteiger partial charge in [0.2, 0.25) is 15.9 Å². The van der Waals surface area contributed by atoms with Crippen LogP contribution in [0.3, 0.4) is 0 Å². The van der Waals surface area contributed by atoms with Crippen LogP contribution in [-0.4, -0.2) is 81.6 Å². The number of amides is 1. The third-order valence-corrected chi connectivity index (χ3v) is 4.64. The van der Waals surface area contributed by atoms with Crippen molar-refractivity contribution in [2.45, 2.75) is 13.0 Å². The molecular formula is C11H21N3O5S. The number of rotatable bonds is 5. The number of hydrogen-bond acceptors (Lipinski definition) is 6. The van der Waals surface area contributed by atoms with Gasteiger partial charge in [0, 0.05) is 33.7 Å². The molecule has 0 aromatic carbocycles. The summed E-state index contributed by atoms with van der Waals surface area (Å²) in [5, 5.41) is 2.98. The molecule has 1 saturated heterocycles. The number of piperazine rings is 1. The van der Waals surface area contributed by atoms with E-state index in [0.717, 1.165) is 4.31 Å². The maximum atomic E-state index is 12.2. The smallest absolute Gasteiger partial charge is 0.322 e. The van der Waals surface area contributed by atoms with Crippen LogP contribution in [0, 0.1) is 0 Å². The lowest BCUT2D eigenvalue weighted by Gasteiger charge is -2.35. The summed E-state index contributed by atoms with van der Waals surface area (Å²) in [6, 6.07) is -0.821. The standard InChI is InChI=1S/C11H21N3O5S/c1-4-19-10(15)8-20(17,18)14-6-5-12-7-9(14)11(16)13(2)3/h9,12H,4-8H2,1-3H3. The van der Waals surface area contributed by atoms with Gasteiger partial charge in [-0.2, -0.15) is 4.31 Å². The maximum Gasteiger partial charge on any atom is 0.322 e. The Morgan fingerprint density at radius 1 is 1.40 bits per heavy atom. The van der Waals surface area contributed by atoms with Crippen LogP contribution in [0.25, 0.3) is 0 Å². The second-order valence-corrected chi connectivity index (χ2v) is 6.55. The zero-order valence-corrected chi connectivity index (χ0v) is 12.8. The molecule has 0 bridgehead atoms. The van der Waals surface area contributed by atoms with E-state index in [2.05, 4.69) is 10.1 Å². The molecule has 1 unspecified atom stereocenters. The van der Waals surface area contributed by atoms with Crippen molar-refractivity contribution in [2.75, 3.05) is 46.1 Å². The van der Waals surface area contributed by atoms with Gasteiger partial charge in [-0.1, -0.05) is 0 Å². The van der Waals surface area contributed by atoms with Crippen molar-refractivity contribution in [2.24, 2.45) is 0 Å². The summed E-state index contributed by atoms with van der Waals surface area (Å²) in [5.41, 5.74) is 0. The molecule has 0 aromatic rings. The molecule has 1 aliphatic rings. The monoisotopic (exact) mass is 307 g/mol. The van der Waals surface area contributed by atoms with E-state index in [4.69, 9.17) is 0 Å². The van der Waals surface area contributed by atoms with E-state index in [0.29, 0.717) is 6.54 Å². The molecule has 116 valence electrons. The third-order valence-electron chi connectivity index (χ3n) is 2.88. The molecule has 1 amide bonds. The number of esters is 1. The summed E-state index contributed by atoms with van der Waals surface area (Å²) in [5.74, 6) is -1.86. The van der Waals surface area contributed by atoms with Gasteiger partial charge in [0.25, 0.3) is 0 Å². The normalized spacial score (nSPS) is 20.4. The molecule has 0 saturated carbocycles. The van der Waals surface area contributed by atoms with Crippen LogP contribution < -0.4 is 5.32 Å². The first-order chi connectivity index (χ1) is 9.29. The molecule has 0 aromatic heterocycles. The van der Waals surface area contributed by atoms with Gasteiger partial charge in [-0.25, -0.2) is 8.42 Å². The summed E-state index contributed by atoms with van der Waals surface area (Å²) in [6.07, 6.45) is 0. The first kappa shape index (κ1) is 16.9. The molecular weight excluding hydrogens is 286 g/mol. The van der Waals surface area contributed by atoms with Crippen LogP contribution >= 0.6 is 0 Å². The van der Waals surface area contributed by atoms with E-state index in [1.54, 1.807) is 21.0 Å². The highest BCUT2D eigenvalue weighted by atomic mass is 32.2. The van der Waals surface area contributed by atoms with Crippen LogP contribution in [0.4, 0.5) is 0 Å². The van der Waals surface area contributed by atoms with Gasteiger partial charge in [0.05, 0.1) is 6.61 Å². The van der Waals surface area contributed by atoms with E-state index < -0.39 is 27.8 Å². The molecule has 1 N–H and O–H groups in total. The van der Waals surface area contributed by atoms with Gasteiger partial charge in [0.1, 0.15) is 6.04 Å². The molecule has 0 spiro atoms. The second-order valence-electron chi connectivity index (χ2n) is 4.62. The minimum absolute atomic E-state index is 0.121. The average Bonchev–Trinajstić information content (AvgIpc) is 2.37. The summed E-state index contributed by atoms with van der Waals surface area (Å²) in [6.45, 7) is 2.56. The SMILES string of the molecule is CCOC(=O)CS(=O)(=O)N1CCNCC1C(=O)N(C)C. The molecule has 0 aliphatic carbocycles. The Morgan fingerprint density at radius 2 is 2.05 bits per heavy atom. The zero-order chi connectivity index (χ0) is 15.3. The van der Waals surface area contributed by atoms with E-state index in [1.165, 1.54) is 4.90 Å². The highest BCUT2D eigenvalue weighted by molar-refractivity contribution is 7.89. The number of hydrogen-bond donors (Lipinski definition) is 1. The molecule has 0 radical (unpaired) electrons. The summed E-state index contributed by atoms with van der Waals surface area (Å²) < 4.78 is 30.2. The average molecular weight is 307 g/mol. The van der Waals surface area contributed by atoms with Crippen molar-refractivity contribution in [1.29, 1.82) is 0 Å². The van der Waals surface area contributed by atoms with E-state index in [1.807, 2.05) is 0 Å². The molecule has 1 rings (SSSR count). The Hall–Kier alpha value is -1.19. The summed E-state index contributed by atoms with van der Waals surface area (Å²) in [7, 11) is -0.736. The summed E-state index contributed by atoms with van der Waals surface area (Å²) in [4.78, 5) is 24.7. The number of carbonyl (C=O) groups is 2. The highest BCUT2D eigenvalue weighted by Crippen LogP contribution is 2.12. The van der Waals surface area contributed by atoms with Crippen LogP contribution in [0.15, 0.2) is 0 Å². The van der Waals surface area contributed by atoms with Crippen LogP contribution in [0.2, 0.25) is 0 Å². The first-order valence-electron chi connectivity index (χ1n) is 6.36. The Bertz CT molecular complexity index is 463. The number of likely N-dealkylation sites (N-methyl/N-ethyl adjacent to an activating group) is 1. The van der Waals surface area contributed by atoms with Gasteiger partial charge >= 0.3 is 5.97 Å². The topological polar surface area (TPSA) is 96.0 Å². The number of carbonyl (C=O) groups excluding carboxylic acids is 2. The van der Waals surface area contributed by atoms with Crippen molar-refractivity contribution in [3.05, 3.63) is 0 Å². The molecule has 20 heavy (non-hydrogen) atoms. The lowest BCUT2D eigenvalue weighted by atomic mass is 10.2. The zero-order valence-electron chi connectivity index (χ0n) is 12.0. The van der Waals surface area contributed by atoms with Crippen molar-refractivity contribution in [3.63, 3.8) is 0 Å². The molecule has 8 nitrogen and oxygen atoms in total. The minimum atomic E-state index is -3.86. The van der Waals surface area contributed by atoms with Gasteiger partial charge in [-0.3, -0.25) is 9.59 Å². The third kappa shape index (κ3) is 4.15. The van der Waals surface area contributed by atoms with E-state index >= 15 is 0 Å². The summed E-state index contributed by atoms with van der Waals surface area (Å²) >= 11 is 0. The van der Waals surface area contributed by atoms with Crippen molar-refractivity contribution in [3.8, 4) is 0 Å². The highest BCUT2D eigenvalue weighted by Gasteiger charge is 2.38. The fourth-order valence-electron chi connectivity index (χ4n) is 1.96. The number of nitrogens with one attached hydrogen (secondary N) is 1. The molecule has 1 aliphatic heterocycles. The van der Waals surface area contributed by atoms with Crippen molar-refractivity contribution >= 4 is 21.9 Å². The predicted molar refractivity (Wildman–Crippen MR) is 72.5 cm³/mol. The molecule has 1 fully saturated rings. The lowest BCUT2D eigenvalue weighted by Crippen LogP contribution is -2.60. The predicted octanol–water partition coefficient (Wildman–Crippen LogP) is -1.76. The van der Waals surface area contributed by atoms with Gasteiger partial charge in [-0.05, 0) is 6.92 Å². The number of ether oxygens (including phenoxy) is 1. The minimum Gasteiger partial charge on any atom is -0.465 e. The maximum absolute atomic E-state index is 12.2. The second kappa shape index (κ2) is 7.00. The Morgan fingerprint density at radius 3 is 2.60 bits per heavy atom.